The van der Waals surface area contributed by atoms with Crippen molar-refractivity contribution in [2.75, 3.05) is 13.2 Å². The molecule has 0 unspecified atom stereocenters. The van der Waals surface area contributed by atoms with Crippen LogP contribution in [-0.2, 0) is 6.54 Å². The highest BCUT2D eigenvalue weighted by Crippen LogP contribution is 2.29. The van der Waals surface area contributed by atoms with Crippen LogP contribution in [0.1, 0.15) is 19.4 Å². The monoisotopic (exact) mass is 305 g/mol. The van der Waals surface area contributed by atoms with Gasteiger partial charge in [0, 0.05) is 23.2 Å². The second kappa shape index (κ2) is 7.91. The lowest BCUT2D eigenvalue weighted by molar-refractivity contribution is 0.338. The van der Waals surface area contributed by atoms with Gasteiger partial charge in [-0.25, -0.2) is 0 Å². The molecule has 2 rings (SSSR count). The third-order valence-corrected chi connectivity index (χ3v) is 3.17. The van der Waals surface area contributed by atoms with Crippen molar-refractivity contribution in [3.05, 3.63) is 53.1 Å². The highest BCUT2D eigenvalue weighted by atomic mass is 35.5. The summed E-state index contributed by atoms with van der Waals surface area (Å²) in [5.74, 6) is 2.35. The van der Waals surface area contributed by atoms with Crippen molar-refractivity contribution in [1.82, 2.24) is 5.32 Å². The summed E-state index contributed by atoms with van der Waals surface area (Å²) in [6, 6.07) is 13.3. The Balaban J connectivity index is 2.20. The molecule has 0 amide bonds. The van der Waals surface area contributed by atoms with Crippen molar-refractivity contribution in [1.29, 1.82) is 0 Å². The topological polar surface area (TPSA) is 30.5 Å². The largest absolute Gasteiger partial charge is 0.494 e. The Morgan fingerprint density at radius 1 is 1.05 bits per heavy atom. The number of hydrogen-bond acceptors (Lipinski definition) is 3. The number of nitrogens with one attached hydrogen (secondary N) is 1. The Morgan fingerprint density at radius 3 is 2.62 bits per heavy atom. The molecule has 3 nitrogen and oxygen atoms in total. The average molecular weight is 306 g/mol. The lowest BCUT2D eigenvalue weighted by Gasteiger charge is -2.13. The van der Waals surface area contributed by atoms with Crippen LogP contribution in [0, 0.1) is 0 Å². The quantitative estimate of drug-likeness (QED) is 0.808. The summed E-state index contributed by atoms with van der Waals surface area (Å²) in [5.41, 5.74) is 1.03. The van der Waals surface area contributed by atoms with Crippen molar-refractivity contribution in [3.8, 4) is 17.2 Å². The molecule has 4 heteroatoms. The maximum atomic E-state index is 6.06. The van der Waals surface area contributed by atoms with E-state index in [-0.39, 0.29) is 0 Å². The molecule has 2 aromatic rings. The summed E-state index contributed by atoms with van der Waals surface area (Å²) in [4.78, 5) is 0. The van der Waals surface area contributed by atoms with E-state index in [2.05, 4.69) is 12.2 Å². The molecule has 1 N–H and O–H groups in total. The van der Waals surface area contributed by atoms with Crippen LogP contribution in [0.5, 0.6) is 17.2 Å². The summed E-state index contributed by atoms with van der Waals surface area (Å²) in [5, 5.41) is 3.99. The zero-order chi connectivity index (χ0) is 15.1. The summed E-state index contributed by atoms with van der Waals surface area (Å²) in [6.07, 6.45) is 0. The molecule has 0 saturated carbocycles. The molecule has 0 aliphatic heterocycles. The summed E-state index contributed by atoms with van der Waals surface area (Å²) in [7, 11) is 0. The van der Waals surface area contributed by atoms with Gasteiger partial charge in [-0.1, -0.05) is 24.6 Å². The van der Waals surface area contributed by atoms with Gasteiger partial charge in [-0.2, -0.15) is 0 Å². The molecule has 0 saturated heterocycles. The Hall–Kier alpha value is -1.71. The van der Waals surface area contributed by atoms with E-state index in [9.17, 15) is 0 Å². The van der Waals surface area contributed by atoms with E-state index in [4.69, 9.17) is 21.1 Å². The predicted octanol–water partition coefficient (Wildman–Crippen LogP) is 4.64. The van der Waals surface area contributed by atoms with Crippen molar-refractivity contribution >= 4 is 11.6 Å². The normalized spacial score (nSPS) is 10.4. The van der Waals surface area contributed by atoms with Crippen molar-refractivity contribution in [2.24, 2.45) is 0 Å². The Kier molecular flexibility index (Phi) is 5.90. The number of ether oxygens (including phenoxy) is 2. The molecule has 0 aliphatic rings. The van der Waals surface area contributed by atoms with Crippen LogP contribution < -0.4 is 14.8 Å². The Bertz CT molecular complexity index is 587. The maximum absolute atomic E-state index is 6.06. The lowest BCUT2D eigenvalue weighted by Crippen LogP contribution is -2.12. The third-order valence-electron chi connectivity index (χ3n) is 2.93. The molecule has 0 heterocycles. The number of rotatable bonds is 7. The van der Waals surface area contributed by atoms with E-state index in [0.29, 0.717) is 11.6 Å². The highest BCUT2D eigenvalue weighted by Gasteiger charge is 2.06. The average Bonchev–Trinajstić information content (AvgIpc) is 2.48. The molecule has 0 bridgehead atoms. The minimum absolute atomic E-state index is 0.635. The van der Waals surface area contributed by atoms with Gasteiger partial charge in [0.25, 0.3) is 0 Å². The van der Waals surface area contributed by atoms with Crippen LogP contribution in [0.3, 0.4) is 0 Å². The van der Waals surface area contributed by atoms with Gasteiger partial charge in [0.15, 0.2) is 0 Å². The van der Waals surface area contributed by atoms with Crippen LogP contribution >= 0.6 is 11.6 Å². The molecule has 0 aromatic heterocycles. The number of halogens is 1. The smallest absolute Gasteiger partial charge is 0.132 e. The standard InChI is InChI=1S/C17H20ClNO2/c1-3-19-12-13-10-14(18)8-9-17(13)21-16-7-5-6-15(11-16)20-4-2/h5-11,19H,3-4,12H2,1-2H3. The molecular weight excluding hydrogens is 286 g/mol. The fraction of sp³-hybridized carbons (Fsp3) is 0.294. The molecule has 0 atom stereocenters. The SMILES string of the molecule is CCNCc1cc(Cl)ccc1Oc1cccc(OCC)c1. The Labute approximate surface area is 130 Å². The van der Waals surface area contributed by atoms with Gasteiger partial charge < -0.3 is 14.8 Å². The van der Waals surface area contributed by atoms with Gasteiger partial charge in [0.2, 0.25) is 0 Å². The zero-order valence-corrected chi connectivity index (χ0v) is 13.1. The van der Waals surface area contributed by atoms with E-state index >= 15 is 0 Å². The molecule has 112 valence electrons. The first kappa shape index (κ1) is 15.7. The molecular formula is C17H20ClNO2. The fourth-order valence-corrected chi connectivity index (χ4v) is 2.16. The molecule has 21 heavy (non-hydrogen) atoms. The van der Waals surface area contributed by atoms with E-state index in [1.54, 1.807) is 0 Å². The second-order valence-electron chi connectivity index (χ2n) is 4.54. The van der Waals surface area contributed by atoms with Crippen molar-refractivity contribution in [3.63, 3.8) is 0 Å². The van der Waals surface area contributed by atoms with E-state index in [0.717, 1.165) is 35.9 Å². The summed E-state index contributed by atoms with van der Waals surface area (Å²) < 4.78 is 11.5. The van der Waals surface area contributed by atoms with E-state index in [1.165, 1.54) is 0 Å². The van der Waals surface area contributed by atoms with Gasteiger partial charge in [-0.3, -0.25) is 0 Å². The van der Waals surface area contributed by atoms with Gasteiger partial charge in [-0.15, -0.1) is 0 Å². The van der Waals surface area contributed by atoms with Crippen molar-refractivity contribution < 1.29 is 9.47 Å². The van der Waals surface area contributed by atoms with Gasteiger partial charge in [0.05, 0.1) is 6.61 Å². The van der Waals surface area contributed by atoms with Crippen LogP contribution in [0.25, 0.3) is 0 Å². The second-order valence-corrected chi connectivity index (χ2v) is 4.98. The van der Waals surface area contributed by atoms with Gasteiger partial charge in [0.1, 0.15) is 17.2 Å². The summed E-state index contributed by atoms with van der Waals surface area (Å²) in [6.45, 7) is 6.28. The first-order chi connectivity index (χ1) is 10.2. The lowest BCUT2D eigenvalue weighted by atomic mass is 10.2. The highest BCUT2D eigenvalue weighted by molar-refractivity contribution is 6.30. The predicted molar refractivity (Wildman–Crippen MR) is 86.5 cm³/mol. The van der Waals surface area contributed by atoms with Crippen LogP contribution in [0.2, 0.25) is 5.02 Å². The molecule has 0 fully saturated rings. The van der Waals surface area contributed by atoms with Crippen molar-refractivity contribution in [2.45, 2.75) is 20.4 Å². The molecule has 2 aromatic carbocycles. The van der Waals surface area contributed by atoms with Gasteiger partial charge >= 0.3 is 0 Å². The summed E-state index contributed by atoms with van der Waals surface area (Å²) >= 11 is 6.06. The van der Waals surface area contributed by atoms with E-state index < -0.39 is 0 Å². The maximum Gasteiger partial charge on any atom is 0.132 e. The molecule has 0 aliphatic carbocycles. The first-order valence-electron chi connectivity index (χ1n) is 7.12. The Morgan fingerprint density at radius 2 is 1.86 bits per heavy atom. The van der Waals surface area contributed by atoms with E-state index in [1.807, 2.05) is 49.4 Å². The molecule has 0 radical (unpaired) electrons. The fourth-order valence-electron chi connectivity index (χ4n) is 1.97. The minimum Gasteiger partial charge on any atom is -0.494 e. The van der Waals surface area contributed by atoms with Crippen LogP contribution in [0.15, 0.2) is 42.5 Å². The van der Waals surface area contributed by atoms with Gasteiger partial charge in [-0.05, 0) is 43.8 Å². The first-order valence-corrected chi connectivity index (χ1v) is 7.50. The third kappa shape index (κ3) is 4.66. The number of benzene rings is 2. The zero-order valence-electron chi connectivity index (χ0n) is 12.4. The molecule has 0 spiro atoms. The van der Waals surface area contributed by atoms with Crippen LogP contribution in [-0.4, -0.2) is 13.2 Å². The minimum atomic E-state index is 0.635. The van der Waals surface area contributed by atoms with Crippen LogP contribution in [0.4, 0.5) is 0 Å². The number of hydrogen-bond donors (Lipinski definition) is 1.